The molecule has 1 aromatic heterocycles. The third-order valence-corrected chi connectivity index (χ3v) is 5.28. The number of hydrogen-bond donors (Lipinski definition) is 1. The van der Waals surface area contributed by atoms with Gasteiger partial charge in [0.2, 0.25) is 0 Å². The molecular formula is C22H33N3OS. The van der Waals surface area contributed by atoms with Crippen molar-refractivity contribution in [2.45, 2.75) is 47.6 Å². The lowest BCUT2D eigenvalue weighted by Crippen LogP contribution is -2.37. The lowest BCUT2D eigenvalue weighted by atomic mass is 10.1. The van der Waals surface area contributed by atoms with Gasteiger partial charge < -0.3 is 19.5 Å². The Kier molecular flexibility index (Phi) is 8.32. The average Bonchev–Trinajstić information content (AvgIpc) is 3.13. The van der Waals surface area contributed by atoms with Crippen LogP contribution in [0.2, 0.25) is 0 Å². The van der Waals surface area contributed by atoms with Gasteiger partial charge in [0.25, 0.3) is 0 Å². The molecule has 148 valence electrons. The second-order valence-electron chi connectivity index (χ2n) is 7.09. The normalized spacial score (nSPS) is 11.0. The lowest BCUT2D eigenvalue weighted by molar-refractivity contribution is 0.276. The summed E-state index contributed by atoms with van der Waals surface area (Å²) in [6, 6.07) is 8.31. The topological polar surface area (TPSA) is 31.6 Å². The number of anilines is 1. The fraction of sp³-hybridized carbons (Fsp3) is 0.500. The zero-order chi connectivity index (χ0) is 19.8. The van der Waals surface area contributed by atoms with Gasteiger partial charge >= 0.3 is 0 Å². The maximum absolute atomic E-state index is 5.78. The van der Waals surface area contributed by atoms with Crippen LogP contribution in [0.15, 0.2) is 34.9 Å². The standard InChI is InChI=1S/C22H33N3OS/c1-6-24(7-2)11-9-12-25(16-20-10-8-13-26-20)22(27)23-21-18(4)14-17(3)15-19(21)5/h8,10,13-15H,6-7,9,11-12,16H2,1-5H3,(H,23,27). The van der Waals surface area contributed by atoms with E-state index in [0.717, 1.165) is 49.2 Å². The average molecular weight is 388 g/mol. The predicted octanol–water partition coefficient (Wildman–Crippen LogP) is 5.14. The number of nitrogens with one attached hydrogen (secondary N) is 1. The molecule has 0 bridgehead atoms. The zero-order valence-corrected chi connectivity index (χ0v) is 18.2. The molecule has 27 heavy (non-hydrogen) atoms. The Bertz CT molecular complexity index is 700. The Morgan fingerprint density at radius 3 is 2.30 bits per heavy atom. The third kappa shape index (κ3) is 6.36. The summed E-state index contributed by atoms with van der Waals surface area (Å²) in [4.78, 5) is 4.65. The summed E-state index contributed by atoms with van der Waals surface area (Å²) in [5.41, 5.74) is 4.82. The fourth-order valence-electron chi connectivity index (χ4n) is 3.43. The van der Waals surface area contributed by atoms with Gasteiger partial charge in [-0.15, -0.1) is 0 Å². The van der Waals surface area contributed by atoms with Crippen LogP contribution in [-0.4, -0.2) is 41.1 Å². The molecule has 4 nitrogen and oxygen atoms in total. The molecule has 0 radical (unpaired) electrons. The number of thiocarbonyl (C=S) groups is 1. The van der Waals surface area contributed by atoms with Crippen molar-refractivity contribution < 1.29 is 4.42 Å². The van der Waals surface area contributed by atoms with E-state index in [4.69, 9.17) is 16.6 Å². The van der Waals surface area contributed by atoms with Gasteiger partial charge in [-0.25, -0.2) is 0 Å². The maximum Gasteiger partial charge on any atom is 0.173 e. The molecule has 0 spiro atoms. The van der Waals surface area contributed by atoms with Gasteiger partial charge in [-0.2, -0.15) is 0 Å². The summed E-state index contributed by atoms with van der Waals surface area (Å²) in [5, 5.41) is 4.24. The van der Waals surface area contributed by atoms with E-state index in [1.807, 2.05) is 12.1 Å². The highest BCUT2D eigenvalue weighted by atomic mass is 32.1. The van der Waals surface area contributed by atoms with Crippen molar-refractivity contribution in [1.29, 1.82) is 0 Å². The van der Waals surface area contributed by atoms with Crippen molar-refractivity contribution in [3.05, 3.63) is 53.0 Å². The number of furan rings is 1. The molecule has 0 atom stereocenters. The van der Waals surface area contributed by atoms with Gasteiger partial charge in [-0.3, -0.25) is 0 Å². The molecule has 0 saturated carbocycles. The van der Waals surface area contributed by atoms with Crippen LogP contribution < -0.4 is 5.32 Å². The van der Waals surface area contributed by atoms with Crippen LogP contribution in [-0.2, 0) is 6.54 Å². The van der Waals surface area contributed by atoms with Gasteiger partial charge in [0, 0.05) is 12.2 Å². The second kappa shape index (κ2) is 10.5. The SMILES string of the molecule is CCN(CC)CCCN(Cc1ccco1)C(=S)Nc1c(C)cc(C)cc1C. The van der Waals surface area contributed by atoms with E-state index in [1.54, 1.807) is 6.26 Å². The van der Waals surface area contributed by atoms with E-state index in [2.05, 4.69) is 61.9 Å². The van der Waals surface area contributed by atoms with Crippen molar-refractivity contribution in [2.75, 3.05) is 31.5 Å². The Morgan fingerprint density at radius 2 is 1.74 bits per heavy atom. The van der Waals surface area contributed by atoms with Gasteiger partial charge in [-0.05, 0) is 82.3 Å². The summed E-state index contributed by atoms with van der Waals surface area (Å²) >= 11 is 5.78. The van der Waals surface area contributed by atoms with Gasteiger partial charge in [-0.1, -0.05) is 31.5 Å². The Hall–Kier alpha value is -1.85. The van der Waals surface area contributed by atoms with Gasteiger partial charge in [0.1, 0.15) is 5.76 Å². The molecule has 0 unspecified atom stereocenters. The largest absolute Gasteiger partial charge is 0.467 e. The van der Waals surface area contributed by atoms with E-state index < -0.39 is 0 Å². The molecule has 0 amide bonds. The Morgan fingerprint density at radius 1 is 1.07 bits per heavy atom. The Balaban J connectivity index is 2.08. The predicted molar refractivity (Wildman–Crippen MR) is 118 cm³/mol. The monoisotopic (exact) mass is 387 g/mol. The summed E-state index contributed by atoms with van der Waals surface area (Å²) in [6.07, 6.45) is 2.78. The summed E-state index contributed by atoms with van der Waals surface area (Å²) in [7, 11) is 0. The molecular weight excluding hydrogens is 354 g/mol. The first kappa shape index (κ1) is 21.5. The summed E-state index contributed by atoms with van der Waals surface area (Å²) in [5.74, 6) is 0.930. The van der Waals surface area contributed by atoms with Crippen LogP contribution in [0.3, 0.4) is 0 Å². The molecule has 1 aromatic carbocycles. The molecule has 2 rings (SSSR count). The van der Waals surface area contributed by atoms with E-state index in [1.165, 1.54) is 16.7 Å². The van der Waals surface area contributed by atoms with E-state index in [0.29, 0.717) is 6.54 Å². The van der Waals surface area contributed by atoms with E-state index >= 15 is 0 Å². The first-order valence-electron chi connectivity index (χ1n) is 9.83. The molecule has 1 N–H and O–H groups in total. The van der Waals surface area contributed by atoms with Gasteiger partial charge in [0.05, 0.1) is 12.8 Å². The first-order chi connectivity index (χ1) is 12.9. The molecule has 1 heterocycles. The minimum atomic E-state index is 0.682. The van der Waals surface area contributed by atoms with Crippen molar-refractivity contribution in [3.8, 4) is 0 Å². The number of hydrogen-bond acceptors (Lipinski definition) is 3. The quantitative estimate of drug-likeness (QED) is 0.603. The van der Waals surface area contributed by atoms with Crippen LogP contribution in [0.4, 0.5) is 5.69 Å². The van der Waals surface area contributed by atoms with Crippen LogP contribution in [0.25, 0.3) is 0 Å². The van der Waals surface area contributed by atoms with Gasteiger partial charge in [0.15, 0.2) is 5.11 Å². The number of benzene rings is 1. The Labute approximate surface area is 169 Å². The minimum Gasteiger partial charge on any atom is -0.467 e. The number of rotatable bonds is 9. The molecule has 0 aliphatic heterocycles. The number of aryl methyl sites for hydroxylation is 3. The second-order valence-corrected chi connectivity index (χ2v) is 7.47. The van der Waals surface area contributed by atoms with Crippen molar-refractivity contribution >= 4 is 23.0 Å². The van der Waals surface area contributed by atoms with Crippen molar-refractivity contribution in [1.82, 2.24) is 9.80 Å². The maximum atomic E-state index is 5.78. The van der Waals surface area contributed by atoms with Crippen molar-refractivity contribution in [2.24, 2.45) is 0 Å². The summed E-state index contributed by atoms with van der Waals surface area (Å²) < 4.78 is 5.56. The smallest absolute Gasteiger partial charge is 0.173 e. The number of nitrogens with zero attached hydrogens (tertiary/aromatic N) is 2. The molecule has 0 fully saturated rings. The highest BCUT2D eigenvalue weighted by Gasteiger charge is 2.15. The van der Waals surface area contributed by atoms with Crippen molar-refractivity contribution in [3.63, 3.8) is 0 Å². The van der Waals surface area contributed by atoms with E-state index in [9.17, 15) is 0 Å². The summed E-state index contributed by atoms with van der Waals surface area (Å²) in [6.45, 7) is 15.6. The third-order valence-electron chi connectivity index (χ3n) is 4.92. The fourth-order valence-corrected chi connectivity index (χ4v) is 3.69. The van der Waals surface area contributed by atoms with Crippen LogP contribution in [0, 0.1) is 20.8 Å². The minimum absolute atomic E-state index is 0.682. The molecule has 0 aliphatic carbocycles. The lowest BCUT2D eigenvalue weighted by Gasteiger charge is -2.27. The molecule has 2 aromatic rings. The molecule has 0 aliphatic rings. The highest BCUT2D eigenvalue weighted by molar-refractivity contribution is 7.80. The first-order valence-corrected chi connectivity index (χ1v) is 10.2. The van der Waals surface area contributed by atoms with E-state index in [-0.39, 0.29) is 0 Å². The van der Waals surface area contributed by atoms with Crippen LogP contribution >= 0.6 is 12.2 Å². The molecule has 5 heteroatoms. The zero-order valence-electron chi connectivity index (χ0n) is 17.3. The van der Waals surface area contributed by atoms with Crippen LogP contribution in [0.1, 0.15) is 42.7 Å². The molecule has 0 saturated heterocycles. The van der Waals surface area contributed by atoms with Crippen LogP contribution in [0.5, 0.6) is 0 Å². The highest BCUT2D eigenvalue weighted by Crippen LogP contribution is 2.22.